The molecule has 1 unspecified atom stereocenters. The Morgan fingerprint density at radius 2 is 2.15 bits per heavy atom. The summed E-state index contributed by atoms with van der Waals surface area (Å²) in [6.07, 6.45) is 1.69. The quantitative estimate of drug-likeness (QED) is 0.572. The van der Waals surface area contributed by atoms with E-state index in [2.05, 4.69) is 10.4 Å². The lowest BCUT2D eigenvalue weighted by molar-refractivity contribution is 0.339. The number of aryl methyl sites for hydroxylation is 1. The molecule has 0 fully saturated rings. The van der Waals surface area contributed by atoms with Crippen molar-refractivity contribution in [3.8, 4) is 5.75 Å². The molecule has 106 valence electrons. The molecule has 1 aromatic heterocycles. The van der Waals surface area contributed by atoms with E-state index in [1.54, 1.807) is 6.20 Å². The number of hydrogen-bond donors (Lipinski definition) is 3. The normalized spacial score (nSPS) is 12.2. The molecule has 1 atom stereocenters. The van der Waals surface area contributed by atoms with Gasteiger partial charge in [0.1, 0.15) is 11.6 Å². The number of nitrogens with one attached hydrogen (secondary N) is 1. The van der Waals surface area contributed by atoms with Crippen LogP contribution in [0.25, 0.3) is 0 Å². The maximum absolute atomic E-state index is 5.99. The summed E-state index contributed by atoms with van der Waals surface area (Å²) in [6.45, 7) is 4.57. The van der Waals surface area contributed by atoms with Crippen LogP contribution in [0.5, 0.6) is 5.75 Å². The molecule has 0 radical (unpaired) electrons. The van der Waals surface area contributed by atoms with Crippen LogP contribution in [-0.2, 0) is 0 Å². The van der Waals surface area contributed by atoms with Gasteiger partial charge in [-0.05, 0) is 43.2 Å². The fourth-order valence-corrected chi connectivity index (χ4v) is 2.26. The molecule has 20 heavy (non-hydrogen) atoms. The van der Waals surface area contributed by atoms with Crippen LogP contribution in [0.3, 0.4) is 0 Å². The predicted molar refractivity (Wildman–Crippen MR) is 80.2 cm³/mol. The van der Waals surface area contributed by atoms with Gasteiger partial charge in [-0.1, -0.05) is 12.1 Å². The molecule has 0 saturated carbocycles. The van der Waals surface area contributed by atoms with Crippen molar-refractivity contribution >= 4 is 5.82 Å². The van der Waals surface area contributed by atoms with E-state index in [9.17, 15) is 0 Å². The number of rotatable bonds is 5. The van der Waals surface area contributed by atoms with E-state index in [0.29, 0.717) is 12.4 Å². The first-order valence-corrected chi connectivity index (χ1v) is 6.57. The van der Waals surface area contributed by atoms with Crippen LogP contribution >= 0.6 is 0 Å². The van der Waals surface area contributed by atoms with Gasteiger partial charge in [-0.25, -0.2) is 10.4 Å². The molecule has 1 heterocycles. The molecule has 0 spiro atoms. The molecular weight excluding hydrogens is 252 g/mol. The van der Waals surface area contributed by atoms with Crippen molar-refractivity contribution in [3.05, 3.63) is 53.2 Å². The van der Waals surface area contributed by atoms with Crippen molar-refractivity contribution in [2.75, 3.05) is 12.3 Å². The van der Waals surface area contributed by atoms with Gasteiger partial charge in [-0.2, -0.15) is 0 Å². The third kappa shape index (κ3) is 2.89. The zero-order chi connectivity index (χ0) is 14.5. The van der Waals surface area contributed by atoms with Gasteiger partial charge in [0.05, 0.1) is 12.6 Å². The van der Waals surface area contributed by atoms with Crippen molar-refractivity contribution in [3.63, 3.8) is 0 Å². The molecule has 1 aromatic carbocycles. The number of anilines is 1. The summed E-state index contributed by atoms with van der Waals surface area (Å²) in [6, 6.07) is 9.50. The van der Waals surface area contributed by atoms with Gasteiger partial charge in [0, 0.05) is 11.8 Å². The fraction of sp³-hybridized carbons (Fsp3) is 0.267. The minimum atomic E-state index is -0.218. The standard InChI is InChI=1S/C15H20N4O/c1-3-20-12-6-4-5-11(9-12)14(19-17)13-10(2)7-8-18-15(13)16/h4-9,14,19H,3,17H2,1-2H3,(H2,16,18). The zero-order valence-corrected chi connectivity index (χ0v) is 11.8. The molecule has 0 amide bonds. The van der Waals surface area contributed by atoms with Crippen LogP contribution in [0.15, 0.2) is 36.5 Å². The van der Waals surface area contributed by atoms with Gasteiger partial charge in [0.25, 0.3) is 0 Å². The summed E-state index contributed by atoms with van der Waals surface area (Å²) in [5.74, 6) is 7.02. The summed E-state index contributed by atoms with van der Waals surface area (Å²) >= 11 is 0. The predicted octanol–water partition coefficient (Wildman–Crippen LogP) is 1.92. The number of hydrazine groups is 1. The maximum atomic E-state index is 5.99. The Balaban J connectivity index is 2.44. The number of ether oxygens (including phenoxy) is 1. The van der Waals surface area contributed by atoms with Gasteiger partial charge in [-0.15, -0.1) is 0 Å². The number of nitrogens with two attached hydrogens (primary N) is 2. The van der Waals surface area contributed by atoms with Crippen LogP contribution in [-0.4, -0.2) is 11.6 Å². The first kappa shape index (κ1) is 14.3. The second kappa shape index (κ2) is 6.36. The summed E-state index contributed by atoms with van der Waals surface area (Å²) < 4.78 is 5.52. The Hall–Kier alpha value is -2.11. The van der Waals surface area contributed by atoms with Crippen LogP contribution in [0.1, 0.15) is 29.7 Å². The Kier molecular flexibility index (Phi) is 4.55. The lowest BCUT2D eigenvalue weighted by atomic mass is 9.96. The lowest BCUT2D eigenvalue weighted by Crippen LogP contribution is -2.30. The molecule has 2 rings (SSSR count). The summed E-state index contributed by atoms with van der Waals surface area (Å²) in [5, 5.41) is 0. The second-order valence-electron chi connectivity index (χ2n) is 4.53. The molecule has 0 bridgehead atoms. The highest BCUT2D eigenvalue weighted by Crippen LogP contribution is 2.29. The van der Waals surface area contributed by atoms with Crippen LogP contribution in [0.4, 0.5) is 5.82 Å². The average Bonchev–Trinajstić information content (AvgIpc) is 2.44. The number of nitrogen functional groups attached to an aromatic ring is 1. The number of benzene rings is 1. The molecule has 5 heteroatoms. The van der Waals surface area contributed by atoms with E-state index in [1.165, 1.54) is 0 Å². The molecule has 0 aliphatic carbocycles. The summed E-state index contributed by atoms with van der Waals surface area (Å²) in [5.41, 5.74) is 11.7. The second-order valence-corrected chi connectivity index (χ2v) is 4.53. The highest BCUT2D eigenvalue weighted by Gasteiger charge is 2.18. The van der Waals surface area contributed by atoms with Crippen molar-refractivity contribution in [2.24, 2.45) is 5.84 Å². The molecule has 5 N–H and O–H groups in total. The first-order valence-electron chi connectivity index (χ1n) is 6.57. The van der Waals surface area contributed by atoms with Crippen LogP contribution in [0, 0.1) is 6.92 Å². The van der Waals surface area contributed by atoms with Crippen molar-refractivity contribution in [1.29, 1.82) is 0 Å². The van der Waals surface area contributed by atoms with E-state index in [4.69, 9.17) is 16.3 Å². The van der Waals surface area contributed by atoms with Gasteiger partial charge >= 0.3 is 0 Å². The van der Waals surface area contributed by atoms with E-state index in [1.807, 2.05) is 44.2 Å². The molecule has 2 aromatic rings. The number of pyridine rings is 1. The minimum absolute atomic E-state index is 0.218. The van der Waals surface area contributed by atoms with Gasteiger partial charge in [-0.3, -0.25) is 5.84 Å². The smallest absolute Gasteiger partial charge is 0.128 e. The SMILES string of the molecule is CCOc1cccc(C(NN)c2c(C)ccnc2N)c1. The van der Waals surface area contributed by atoms with Gasteiger partial charge < -0.3 is 10.5 Å². The maximum Gasteiger partial charge on any atom is 0.128 e. The van der Waals surface area contributed by atoms with Crippen molar-refractivity contribution in [1.82, 2.24) is 10.4 Å². The van der Waals surface area contributed by atoms with E-state index < -0.39 is 0 Å². The van der Waals surface area contributed by atoms with Crippen molar-refractivity contribution in [2.45, 2.75) is 19.9 Å². The minimum Gasteiger partial charge on any atom is -0.494 e. The molecule has 0 saturated heterocycles. The Bertz CT molecular complexity index is 566. The third-order valence-corrected chi connectivity index (χ3v) is 3.20. The monoisotopic (exact) mass is 272 g/mol. The molecule has 5 nitrogen and oxygen atoms in total. The van der Waals surface area contributed by atoms with E-state index in [-0.39, 0.29) is 6.04 Å². The lowest BCUT2D eigenvalue weighted by Gasteiger charge is -2.20. The first-order chi connectivity index (χ1) is 9.67. The topological polar surface area (TPSA) is 86.2 Å². The Morgan fingerprint density at radius 1 is 1.35 bits per heavy atom. The summed E-state index contributed by atoms with van der Waals surface area (Å²) in [4.78, 5) is 4.14. The van der Waals surface area contributed by atoms with E-state index >= 15 is 0 Å². The highest BCUT2D eigenvalue weighted by atomic mass is 16.5. The molecular formula is C15H20N4O. The Labute approximate surface area is 118 Å². The van der Waals surface area contributed by atoms with Crippen LogP contribution in [0.2, 0.25) is 0 Å². The molecule has 0 aliphatic heterocycles. The third-order valence-electron chi connectivity index (χ3n) is 3.20. The highest BCUT2D eigenvalue weighted by molar-refractivity contribution is 5.50. The van der Waals surface area contributed by atoms with Crippen LogP contribution < -0.4 is 21.7 Å². The largest absolute Gasteiger partial charge is 0.494 e. The number of aromatic nitrogens is 1. The van der Waals surface area contributed by atoms with Gasteiger partial charge in [0.2, 0.25) is 0 Å². The van der Waals surface area contributed by atoms with E-state index in [0.717, 1.165) is 22.4 Å². The fourth-order valence-electron chi connectivity index (χ4n) is 2.26. The Morgan fingerprint density at radius 3 is 2.80 bits per heavy atom. The molecule has 0 aliphatic rings. The number of nitrogens with zero attached hydrogens (tertiary/aromatic N) is 1. The van der Waals surface area contributed by atoms with Crippen molar-refractivity contribution < 1.29 is 4.74 Å². The zero-order valence-electron chi connectivity index (χ0n) is 11.8. The van der Waals surface area contributed by atoms with Gasteiger partial charge in [0.15, 0.2) is 0 Å². The summed E-state index contributed by atoms with van der Waals surface area (Å²) in [7, 11) is 0. The number of hydrogen-bond acceptors (Lipinski definition) is 5. The average molecular weight is 272 g/mol.